The SMILES string of the molecule is COc1cc(OC)c2c(c1)OC(c1ccc(OC)c(OC)c1)C(OS(=O)(=O)c1ccc(C)cc1)C2. The van der Waals surface area contributed by atoms with E-state index in [4.69, 9.17) is 27.9 Å². The molecular formula is C26H28O8S. The fourth-order valence-corrected chi connectivity index (χ4v) is 5.12. The Hall–Kier alpha value is -3.43. The maximum atomic E-state index is 13.2. The summed E-state index contributed by atoms with van der Waals surface area (Å²) in [4.78, 5) is 0.0710. The standard InChI is InChI=1S/C26H28O8S/c1-16-6-9-19(10-7-16)35(27,28)34-25-15-20-22(31-4)13-18(29-2)14-23(20)33-26(25)17-8-11-21(30-3)24(12-17)32-5/h6-14,25-26H,15H2,1-5H3. The molecule has 0 radical (unpaired) electrons. The van der Waals surface area contributed by atoms with Crippen LogP contribution in [0, 0.1) is 6.92 Å². The Kier molecular flexibility index (Phi) is 7.09. The second kappa shape index (κ2) is 10.1. The van der Waals surface area contributed by atoms with Gasteiger partial charge in [0.15, 0.2) is 17.6 Å². The number of hydrogen-bond donors (Lipinski definition) is 0. The van der Waals surface area contributed by atoms with Crippen molar-refractivity contribution in [3.05, 3.63) is 71.3 Å². The smallest absolute Gasteiger partial charge is 0.297 e. The van der Waals surface area contributed by atoms with E-state index >= 15 is 0 Å². The summed E-state index contributed by atoms with van der Waals surface area (Å²) in [5.41, 5.74) is 2.30. The highest BCUT2D eigenvalue weighted by Gasteiger charge is 2.38. The molecule has 4 rings (SSSR count). The van der Waals surface area contributed by atoms with Crippen molar-refractivity contribution in [2.45, 2.75) is 30.4 Å². The van der Waals surface area contributed by atoms with E-state index in [0.29, 0.717) is 39.9 Å². The second-order valence-electron chi connectivity index (χ2n) is 8.07. The van der Waals surface area contributed by atoms with Crippen molar-refractivity contribution >= 4 is 10.1 Å². The quantitative estimate of drug-likeness (QED) is 0.418. The van der Waals surface area contributed by atoms with Crippen molar-refractivity contribution < 1.29 is 36.3 Å². The Morgan fingerprint density at radius 3 is 2.11 bits per heavy atom. The van der Waals surface area contributed by atoms with Crippen LogP contribution in [0.4, 0.5) is 0 Å². The van der Waals surface area contributed by atoms with E-state index < -0.39 is 22.3 Å². The normalized spacial score (nSPS) is 17.2. The zero-order chi connectivity index (χ0) is 25.2. The van der Waals surface area contributed by atoms with Gasteiger partial charge in [-0.2, -0.15) is 8.42 Å². The molecule has 0 N–H and O–H groups in total. The van der Waals surface area contributed by atoms with E-state index in [1.807, 2.05) is 6.92 Å². The van der Waals surface area contributed by atoms with Gasteiger partial charge in [-0.1, -0.05) is 23.8 Å². The number of methoxy groups -OCH3 is 4. The highest BCUT2D eigenvalue weighted by Crippen LogP contribution is 2.45. The van der Waals surface area contributed by atoms with Crippen molar-refractivity contribution in [1.82, 2.24) is 0 Å². The van der Waals surface area contributed by atoms with Crippen LogP contribution in [-0.4, -0.2) is 43.0 Å². The first kappa shape index (κ1) is 24.7. The zero-order valence-electron chi connectivity index (χ0n) is 20.2. The summed E-state index contributed by atoms with van der Waals surface area (Å²) in [6.45, 7) is 1.89. The van der Waals surface area contributed by atoms with Gasteiger partial charge in [0.1, 0.15) is 23.4 Å². The van der Waals surface area contributed by atoms with Crippen molar-refractivity contribution in [3.8, 4) is 28.7 Å². The van der Waals surface area contributed by atoms with Crippen molar-refractivity contribution in [1.29, 1.82) is 0 Å². The molecule has 0 fully saturated rings. The van der Waals surface area contributed by atoms with E-state index in [0.717, 1.165) is 5.56 Å². The molecule has 35 heavy (non-hydrogen) atoms. The number of ether oxygens (including phenoxy) is 5. The van der Waals surface area contributed by atoms with Crippen LogP contribution in [0.5, 0.6) is 28.7 Å². The third-order valence-corrected chi connectivity index (χ3v) is 7.24. The molecular weight excluding hydrogens is 472 g/mol. The van der Waals surface area contributed by atoms with Crippen LogP contribution in [0.2, 0.25) is 0 Å². The van der Waals surface area contributed by atoms with Crippen LogP contribution in [-0.2, 0) is 20.7 Å². The largest absolute Gasteiger partial charge is 0.496 e. The number of benzene rings is 3. The lowest BCUT2D eigenvalue weighted by Gasteiger charge is -2.34. The summed E-state index contributed by atoms with van der Waals surface area (Å²) in [6.07, 6.45) is -1.42. The molecule has 2 atom stereocenters. The van der Waals surface area contributed by atoms with Crippen LogP contribution < -0.4 is 23.7 Å². The van der Waals surface area contributed by atoms with Crippen LogP contribution in [0.3, 0.4) is 0 Å². The zero-order valence-corrected chi connectivity index (χ0v) is 21.0. The number of aryl methyl sites for hydroxylation is 1. The Morgan fingerprint density at radius 1 is 0.800 bits per heavy atom. The van der Waals surface area contributed by atoms with Gasteiger partial charge in [0.05, 0.1) is 33.3 Å². The lowest BCUT2D eigenvalue weighted by atomic mass is 9.94. The maximum Gasteiger partial charge on any atom is 0.297 e. The summed E-state index contributed by atoms with van der Waals surface area (Å²) in [5.74, 6) is 2.63. The molecule has 9 heteroatoms. The second-order valence-corrected chi connectivity index (χ2v) is 9.64. The van der Waals surface area contributed by atoms with Crippen LogP contribution in [0.15, 0.2) is 59.5 Å². The third kappa shape index (κ3) is 5.01. The molecule has 0 aliphatic carbocycles. The molecule has 3 aromatic rings. The van der Waals surface area contributed by atoms with Gasteiger partial charge in [-0.3, -0.25) is 4.18 Å². The van der Waals surface area contributed by atoms with Gasteiger partial charge in [-0.15, -0.1) is 0 Å². The third-order valence-electron chi connectivity index (χ3n) is 5.89. The molecule has 1 aliphatic heterocycles. The first-order chi connectivity index (χ1) is 16.8. The molecule has 0 aromatic heterocycles. The van der Waals surface area contributed by atoms with E-state index in [1.54, 1.807) is 56.7 Å². The lowest BCUT2D eigenvalue weighted by molar-refractivity contribution is 0.0407. The molecule has 1 aliphatic rings. The molecule has 1 heterocycles. The Balaban J connectivity index is 1.79. The highest BCUT2D eigenvalue weighted by atomic mass is 32.2. The molecule has 186 valence electrons. The van der Waals surface area contributed by atoms with Gasteiger partial charge in [0, 0.05) is 24.1 Å². The predicted molar refractivity (Wildman–Crippen MR) is 129 cm³/mol. The molecule has 0 spiro atoms. The van der Waals surface area contributed by atoms with Crippen LogP contribution >= 0.6 is 0 Å². The van der Waals surface area contributed by atoms with E-state index in [-0.39, 0.29) is 11.3 Å². The first-order valence-electron chi connectivity index (χ1n) is 10.9. The maximum absolute atomic E-state index is 13.2. The Bertz CT molecular complexity index is 1300. The number of rotatable bonds is 8. The van der Waals surface area contributed by atoms with Gasteiger partial charge < -0.3 is 23.7 Å². The number of fused-ring (bicyclic) bond motifs is 1. The fraction of sp³-hybridized carbons (Fsp3) is 0.308. The monoisotopic (exact) mass is 500 g/mol. The fourth-order valence-electron chi connectivity index (χ4n) is 4.04. The summed E-state index contributed by atoms with van der Waals surface area (Å²) >= 11 is 0. The van der Waals surface area contributed by atoms with Crippen molar-refractivity contribution in [2.24, 2.45) is 0 Å². The summed E-state index contributed by atoms with van der Waals surface area (Å²) in [6, 6.07) is 15.3. The molecule has 0 saturated carbocycles. The summed E-state index contributed by atoms with van der Waals surface area (Å²) in [7, 11) is 2.08. The minimum atomic E-state index is -4.08. The van der Waals surface area contributed by atoms with Gasteiger partial charge in [0.2, 0.25) is 0 Å². The van der Waals surface area contributed by atoms with Crippen molar-refractivity contribution in [3.63, 3.8) is 0 Å². The van der Waals surface area contributed by atoms with E-state index in [9.17, 15) is 8.42 Å². The van der Waals surface area contributed by atoms with Gasteiger partial charge in [-0.05, 0) is 36.8 Å². The van der Waals surface area contributed by atoms with Crippen molar-refractivity contribution in [2.75, 3.05) is 28.4 Å². The molecule has 0 amide bonds. The number of hydrogen-bond acceptors (Lipinski definition) is 8. The lowest BCUT2D eigenvalue weighted by Crippen LogP contribution is -2.35. The van der Waals surface area contributed by atoms with Gasteiger partial charge in [-0.25, -0.2) is 0 Å². The minimum absolute atomic E-state index is 0.0710. The molecule has 2 unspecified atom stereocenters. The average molecular weight is 501 g/mol. The summed E-state index contributed by atoms with van der Waals surface area (Å²) < 4.78 is 60.3. The van der Waals surface area contributed by atoms with E-state index in [1.165, 1.54) is 26.4 Å². The molecule has 0 saturated heterocycles. The summed E-state index contributed by atoms with van der Waals surface area (Å²) in [5, 5.41) is 0. The Labute approximate surface area is 205 Å². The molecule has 8 nitrogen and oxygen atoms in total. The first-order valence-corrected chi connectivity index (χ1v) is 12.3. The van der Waals surface area contributed by atoms with Crippen LogP contribution in [0.1, 0.15) is 22.8 Å². The minimum Gasteiger partial charge on any atom is -0.496 e. The van der Waals surface area contributed by atoms with E-state index in [2.05, 4.69) is 0 Å². The predicted octanol–water partition coefficient (Wildman–Crippen LogP) is 4.48. The van der Waals surface area contributed by atoms with Gasteiger partial charge in [0.25, 0.3) is 10.1 Å². The highest BCUT2D eigenvalue weighted by molar-refractivity contribution is 7.86. The average Bonchev–Trinajstić information content (AvgIpc) is 2.87. The Morgan fingerprint density at radius 2 is 1.49 bits per heavy atom. The molecule has 3 aromatic carbocycles. The van der Waals surface area contributed by atoms with Gasteiger partial charge >= 0.3 is 0 Å². The van der Waals surface area contributed by atoms with Crippen LogP contribution in [0.25, 0.3) is 0 Å². The topological polar surface area (TPSA) is 89.5 Å². The molecule has 0 bridgehead atoms.